The van der Waals surface area contributed by atoms with E-state index in [2.05, 4.69) is 16.6 Å². The third-order valence-electron chi connectivity index (χ3n) is 3.57. The molecule has 136 valence electrons. The zero-order chi connectivity index (χ0) is 17.6. The second-order valence-electron chi connectivity index (χ2n) is 5.26. The normalized spacial score (nSPS) is 17.3. The van der Waals surface area contributed by atoms with Crippen LogP contribution in [0.2, 0.25) is 0 Å². The van der Waals surface area contributed by atoms with Crippen LogP contribution in [0.4, 0.5) is 0 Å². The number of methoxy groups -OCH3 is 1. The smallest absolute Gasteiger partial charge is 0.331 e. The number of hydrogen-bond donors (Lipinski definition) is 0. The number of hydrogen-bond acceptors (Lipinski definition) is 6. The summed E-state index contributed by atoms with van der Waals surface area (Å²) in [6, 6.07) is 0.0539. The number of rotatable bonds is 10. The van der Waals surface area contributed by atoms with Crippen LogP contribution in [0.15, 0.2) is 0 Å². The van der Waals surface area contributed by atoms with Gasteiger partial charge in [0.15, 0.2) is 0 Å². The topological polar surface area (TPSA) is 74.3 Å². The van der Waals surface area contributed by atoms with E-state index in [0.717, 1.165) is 12.8 Å². The molecule has 1 amide bonds. The fourth-order valence-electron chi connectivity index (χ4n) is 2.30. The summed E-state index contributed by atoms with van der Waals surface area (Å²) in [5, 5.41) is 0. The molecule has 0 aromatic carbocycles. The van der Waals surface area contributed by atoms with Gasteiger partial charge in [0.05, 0.1) is 39.5 Å². The van der Waals surface area contributed by atoms with Crippen LogP contribution >= 0.6 is 0 Å². The third kappa shape index (κ3) is 8.29. The van der Waals surface area contributed by atoms with Gasteiger partial charge in [-0.2, -0.15) is 0 Å². The van der Waals surface area contributed by atoms with Crippen LogP contribution in [-0.2, 0) is 28.5 Å². The first kappa shape index (κ1) is 20.4. The maximum atomic E-state index is 12.1. The van der Waals surface area contributed by atoms with Gasteiger partial charge < -0.3 is 23.8 Å². The van der Waals surface area contributed by atoms with Crippen LogP contribution < -0.4 is 0 Å². The molecule has 1 aliphatic heterocycles. The SMILES string of the molecule is CCOCCOC[C@H]1CCCC(=O)N1CC#CCOCC(=O)OC. The average molecular weight is 341 g/mol. The van der Waals surface area contributed by atoms with Crippen molar-refractivity contribution in [3.8, 4) is 11.8 Å². The largest absolute Gasteiger partial charge is 0.467 e. The van der Waals surface area contributed by atoms with Crippen molar-refractivity contribution in [2.75, 3.05) is 53.3 Å². The molecule has 1 saturated heterocycles. The van der Waals surface area contributed by atoms with E-state index in [1.54, 1.807) is 4.90 Å². The first-order valence-corrected chi connectivity index (χ1v) is 8.24. The fraction of sp³-hybridized carbons (Fsp3) is 0.765. The molecule has 0 radical (unpaired) electrons. The van der Waals surface area contributed by atoms with Crippen LogP contribution in [0.5, 0.6) is 0 Å². The molecular formula is C17H27NO6. The van der Waals surface area contributed by atoms with Gasteiger partial charge in [-0.25, -0.2) is 4.79 Å². The fourth-order valence-corrected chi connectivity index (χ4v) is 2.30. The molecule has 1 fully saturated rings. The van der Waals surface area contributed by atoms with Gasteiger partial charge in [0, 0.05) is 13.0 Å². The summed E-state index contributed by atoms with van der Waals surface area (Å²) in [7, 11) is 1.30. The Bertz CT molecular complexity index is 442. The summed E-state index contributed by atoms with van der Waals surface area (Å²) in [6.07, 6.45) is 2.35. The van der Waals surface area contributed by atoms with E-state index in [9.17, 15) is 9.59 Å². The molecular weight excluding hydrogens is 314 g/mol. The van der Waals surface area contributed by atoms with E-state index in [1.165, 1.54) is 7.11 Å². The van der Waals surface area contributed by atoms with E-state index in [-0.39, 0.29) is 25.2 Å². The summed E-state index contributed by atoms with van der Waals surface area (Å²) in [6.45, 7) is 4.56. The van der Waals surface area contributed by atoms with Gasteiger partial charge in [-0.15, -0.1) is 0 Å². The van der Waals surface area contributed by atoms with E-state index in [1.807, 2.05) is 6.92 Å². The molecule has 0 saturated carbocycles. The van der Waals surface area contributed by atoms with Crippen LogP contribution in [0.1, 0.15) is 26.2 Å². The molecule has 7 nitrogen and oxygen atoms in total. The predicted molar refractivity (Wildman–Crippen MR) is 87.3 cm³/mol. The van der Waals surface area contributed by atoms with Gasteiger partial charge >= 0.3 is 5.97 Å². The first-order valence-electron chi connectivity index (χ1n) is 8.24. The minimum atomic E-state index is -0.438. The Balaban J connectivity index is 2.32. The highest BCUT2D eigenvalue weighted by Crippen LogP contribution is 2.18. The lowest BCUT2D eigenvalue weighted by Gasteiger charge is -2.34. The highest BCUT2D eigenvalue weighted by Gasteiger charge is 2.27. The monoisotopic (exact) mass is 341 g/mol. The summed E-state index contributed by atoms with van der Waals surface area (Å²) >= 11 is 0. The lowest BCUT2D eigenvalue weighted by Crippen LogP contribution is -2.46. The van der Waals surface area contributed by atoms with Crippen LogP contribution in [0.3, 0.4) is 0 Å². The van der Waals surface area contributed by atoms with Crippen molar-refractivity contribution in [1.82, 2.24) is 4.90 Å². The molecule has 1 rings (SSSR count). The Morgan fingerprint density at radius 1 is 1.25 bits per heavy atom. The van der Waals surface area contributed by atoms with Crippen molar-refractivity contribution in [2.45, 2.75) is 32.2 Å². The third-order valence-corrected chi connectivity index (χ3v) is 3.57. The van der Waals surface area contributed by atoms with Gasteiger partial charge in [-0.05, 0) is 19.8 Å². The summed E-state index contributed by atoms with van der Waals surface area (Å²) in [5.74, 6) is 5.38. The first-order chi connectivity index (χ1) is 11.7. The Hall–Kier alpha value is -1.62. The Morgan fingerprint density at radius 3 is 2.79 bits per heavy atom. The standard InChI is InChI=1S/C17H27NO6/c1-3-22-11-12-24-13-15-7-6-8-16(19)18(15)9-4-5-10-23-14-17(20)21-2/h15H,3,6-14H2,1-2H3/t15-/m1/s1. The van der Waals surface area contributed by atoms with Gasteiger partial charge in [0.1, 0.15) is 13.2 Å². The quantitative estimate of drug-likeness (QED) is 0.329. The molecule has 0 spiro atoms. The minimum Gasteiger partial charge on any atom is -0.467 e. The maximum Gasteiger partial charge on any atom is 0.331 e. The van der Waals surface area contributed by atoms with Crippen LogP contribution in [0.25, 0.3) is 0 Å². The molecule has 0 aromatic heterocycles. The van der Waals surface area contributed by atoms with Gasteiger partial charge in [0.2, 0.25) is 5.91 Å². The van der Waals surface area contributed by atoms with E-state index in [4.69, 9.17) is 14.2 Å². The van der Waals surface area contributed by atoms with Crippen molar-refractivity contribution in [3.63, 3.8) is 0 Å². The lowest BCUT2D eigenvalue weighted by molar-refractivity contribution is -0.145. The van der Waals surface area contributed by atoms with Crippen molar-refractivity contribution in [3.05, 3.63) is 0 Å². The molecule has 1 aliphatic rings. The molecule has 1 heterocycles. The van der Waals surface area contributed by atoms with Crippen molar-refractivity contribution in [2.24, 2.45) is 0 Å². The second kappa shape index (κ2) is 12.8. The molecule has 7 heteroatoms. The number of ether oxygens (including phenoxy) is 4. The number of nitrogens with zero attached hydrogens (tertiary/aromatic N) is 1. The van der Waals surface area contributed by atoms with Gasteiger partial charge in [-0.3, -0.25) is 4.79 Å². The summed E-state index contributed by atoms with van der Waals surface area (Å²) < 4.78 is 20.3. The average Bonchev–Trinajstić information content (AvgIpc) is 2.59. The molecule has 1 atom stereocenters. The minimum absolute atomic E-state index is 0.0539. The Kier molecular flexibility index (Phi) is 10.9. The van der Waals surface area contributed by atoms with Gasteiger partial charge in [0.25, 0.3) is 0 Å². The number of esters is 1. The molecule has 0 N–H and O–H groups in total. The summed E-state index contributed by atoms with van der Waals surface area (Å²) in [5.41, 5.74) is 0. The van der Waals surface area contributed by atoms with Gasteiger partial charge in [-0.1, -0.05) is 11.8 Å². The predicted octanol–water partition coefficient (Wildman–Crippen LogP) is 0.614. The molecule has 0 bridgehead atoms. The second-order valence-corrected chi connectivity index (χ2v) is 5.26. The van der Waals surface area contributed by atoms with Crippen molar-refractivity contribution < 1.29 is 28.5 Å². The van der Waals surface area contributed by atoms with Crippen molar-refractivity contribution in [1.29, 1.82) is 0 Å². The van der Waals surface area contributed by atoms with E-state index in [0.29, 0.717) is 39.4 Å². The number of carbonyl (C=O) groups excluding carboxylic acids is 2. The molecule has 0 aromatic rings. The highest BCUT2D eigenvalue weighted by atomic mass is 16.6. The van der Waals surface area contributed by atoms with Crippen molar-refractivity contribution >= 4 is 11.9 Å². The van der Waals surface area contributed by atoms with Crippen LogP contribution in [-0.4, -0.2) is 76.1 Å². The number of likely N-dealkylation sites (tertiary alicyclic amines) is 1. The molecule has 0 unspecified atom stereocenters. The highest BCUT2D eigenvalue weighted by molar-refractivity contribution is 5.77. The lowest BCUT2D eigenvalue weighted by atomic mass is 10.0. The zero-order valence-corrected chi connectivity index (χ0v) is 14.5. The molecule has 0 aliphatic carbocycles. The Labute approximate surface area is 143 Å². The van der Waals surface area contributed by atoms with Crippen LogP contribution in [0, 0.1) is 11.8 Å². The van der Waals surface area contributed by atoms with E-state index >= 15 is 0 Å². The zero-order valence-electron chi connectivity index (χ0n) is 14.5. The summed E-state index contributed by atoms with van der Waals surface area (Å²) in [4.78, 5) is 24.7. The van der Waals surface area contributed by atoms with E-state index < -0.39 is 5.97 Å². The Morgan fingerprint density at radius 2 is 2.04 bits per heavy atom. The number of amides is 1. The number of carbonyl (C=O) groups is 2. The maximum absolute atomic E-state index is 12.1. The molecule has 24 heavy (non-hydrogen) atoms. The number of piperidine rings is 1.